The van der Waals surface area contributed by atoms with E-state index in [1.807, 2.05) is 13.8 Å². The Labute approximate surface area is 99.5 Å². The van der Waals surface area contributed by atoms with Gasteiger partial charge in [-0.05, 0) is 19.8 Å². The maximum atomic E-state index is 11.2. The zero-order valence-electron chi connectivity index (χ0n) is 11.0. The Hall–Kier alpha value is -0.570. The van der Waals surface area contributed by atoms with Gasteiger partial charge in [-0.3, -0.25) is 4.79 Å². The number of hydrogen-bond acceptors (Lipinski definition) is 3. The van der Waals surface area contributed by atoms with Gasteiger partial charge in [0.05, 0.1) is 19.1 Å². The van der Waals surface area contributed by atoms with Crippen LogP contribution in [0.2, 0.25) is 0 Å². The number of unbranched alkanes of at least 4 members (excludes halogenated alkanes) is 3. The molecular weight excluding hydrogens is 204 g/mol. The maximum absolute atomic E-state index is 11.2. The number of esters is 1. The van der Waals surface area contributed by atoms with Gasteiger partial charge in [-0.15, -0.1) is 0 Å². The lowest BCUT2D eigenvalue weighted by atomic mass is 10.2. The van der Waals surface area contributed by atoms with Crippen LogP contribution in [0.1, 0.15) is 59.3 Å². The normalized spacial score (nSPS) is 12.4. The molecule has 16 heavy (non-hydrogen) atoms. The summed E-state index contributed by atoms with van der Waals surface area (Å²) in [6, 6.07) is 0. The molecule has 0 aliphatic carbocycles. The third-order valence-corrected chi connectivity index (χ3v) is 2.50. The maximum Gasteiger partial charge on any atom is 0.308 e. The van der Waals surface area contributed by atoms with Crippen LogP contribution in [0.4, 0.5) is 0 Å². The standard InChI is InChI=1S/C13H26O3/c1-4-6-7-8-10-15-11-9-13(14)16-12(3)5-2/h12H,4-11H2,1-3H3. The van der Waals surface area contributed by atoms with Crippen molar-refractivity contribution in [2.24, 2.45) is 0 Å². The second-order valence-electron chi connectivity index (χ2n) is 4.13. The van der Waals surface area contributed by atoms with Crippen molar-refractivity contribution in [1.82, 2.24) is 0 Å². The highest BCUT2D eigenvalue weighted by molar-refractivity contribution is 5.69. The SMILES string of the molecule is CCCCCCOCCC(=O)OC(C)CC. The van der Waals surface area contributed by atoms with Crippen LogP contribution >= 0.6 is 0 Å². The molecule has 0 amide bonds. The molecule has 0 heterocycles. The van der Waals surface area contributed by atoms with E-state index in [0.29, 0.717) is 13.0 Å². The summed E-state index contributed by atoms with van der Waals surface area (Å²) in [5.41, 5.74) is 0. The Morgan fingerprint density at radius 2 is 1.88 bits per heavy atom. The minimum absolute atomic E-state index is 0.0251. The molecule has 0 saturated carbocycles. The average Bonchev–Trinajstić information content (AvgIpc) is 2.27. The van der Waals surface area contributed by atoms with Crippen LogP contribution in [-0.4, -0.2) is 25.3 Å². The topological polar surface area (TPSA) is 35.5 Å². The van der Waals surface area contributed by atoms with Gasteiger partial charge < -0.3 is 9.47 Å². The van der Waals surface area contributed by atoms with E-state index in [-0.39, 0.29) is 12.1 Å². The molecule has 0 spiro atoms. The molecule has 0 aromatic heterocycles. The molecule has 0 fully saturated rings. The summed E-state index contributed by atoms with van der Waals surface area (Å²) >= 11 is 0. The van der Waals surface area contributed by atoms with Crippen LogP contribution in [0.5, 0.6) is 0 Å². The second-order valence-corrected chi connectivity index (χ2v) is 4.13. The molecule has 0 saturated heterocycles. The smallest absolute Gasteiger partial charge is 0.308 e. The van der Waals surface area contributed by atoms with E-state index in [0.717, 1.165) is 19.4 Å². The van der Waals surface area contributed by atoms with E-state index in [4.69, 9.17) is 9.47 Å². The van der Waals surface area contributed by atoms with E-state index in [1.54, 1.807) is 0 Å². The summed E-state index contributed by atoms with van der Waals surface area (Å²) in [6.07, 6.45) is 6.07. The Morgan fingerprint density at radius 3 is 2.50 bits per heavy atom. The summed E-state index contributed by atoms with van der Waals surface area (Å²) in [5, 5.41) is 0. The molecule has 3 heteroatoms. The molecule has 96 valence electrons. The molecule has 0 aliphatic heterocycles. The van der Waals surface area contributed by atoms with Crippen molar-refractivity contribution < 1.29 is 14.3 Å². The quantitative estimate of drug-likeness (QED) is 0.426. The van der Waals surface area contributed by atoms with Crippen LogP contribution in [0.25, 0.3) is 0 Å². The van der Waals surface area contributed by atoms with Crippen LogP contribution in [0.15, 0.2) is 0 Å². The zero-order valence-corrected chi connectivity index (χ0v) is 11.0. The first-order valence-electron chi connectivity index (χ1n) is 6.47. The van der Waals surface area contributed by atoms with Crippen molar-refractivity contribution in [3.05, 3.63) is 0 Å². The highest BCUT2D eigenvalue weighted by Crippen LogP contribution is 2.01. The average molecular weight is 230 g/mol. The molecule has 0 aromatic carbocycles. The van der Waals surface area contributed by atoms with E-state index in [2.05, 4.69) is 6.92 Å². The van der Waals surface area contributed by atoms with Gasteiger partial charge in [0.2, 0.25) is 0 Å². The first-order valence-corrected chi connectivity index (χ1v) is 6.47. The number of ether oxygens (including phenoxy) is 2. The van der Waals surface area contributed by atoms with Gasteiger partial charge in [-0.25, -0.2) is 0 Å². The predicted octanol–water partition coefficient (Wildman–Crippen LogP) is 3.32. The fourth-order valence-corrected chi connectivity index (χ4v) is 1.26. The van der Waals surface area contributed by atoms with Gasteiger partial charge in [-0.2, -0.15) is 0 Å². The molecule has 0 rings (SSSR count). The third-order valence-electron chi connectivity index (χ3n) is 2.50. The Bertz CT molecular complexity index is 169. The fraction of sp³-hybridized carbons (Fsp3) is 0.923. The Balaban J connectivity index is 3.21. The van der Waals surface area contributed by atoms with Crippen molar-refractivity contribution in [3.63, 3.8) is 0 Å². The van der Waals surface area contributed by atoms with Crippen LogP contribution in [0.3, 0.4) is 0 Å². The minimum atomic E-state index is -0.150. The number of carbonyl (C=O) groups excluding carboxylic acids is 1. The Morgan fingerprint density at radius 1 is 1.12 bits per heavy atom. The highest BCUT2D eigenvalue weighted by atomic mass is 16.5. The second kappa shape index (κ2) is 10.9. The molecule has 1 unspecified atom stereocenters. The number of hydrogen-bond donors (Lipinski definition) is 0. The molecule has 0 aromatic rings. The molecule has 3 nitrogen and oxygen atoms in total. The summed E-state index contributed by atoms with van der Waals surface area (Å²) in [4.78, 5) is 11.2. The van der Waals surface area contributed by atoms with Crippen molar-refractivity contribution in [2.75, 3.05) is 13.2 Å². The van der Waals surface area contributed by atoms with Gasteiger partial charge in [0.25, 0.3) is 0 Å². The molecule has 0 aliphatic rings. The van der Waals surface area contributed by atoms with E-state index < -0.39 is 0 Å². The number of rotatable bonds is 10. The molecule has 0 N–H and O–H groups in total. The molecular formula is C13H26O3. The molecule has 0 bridgehead atoms. The van der Waals surface area contributed by atoms with Crippen molar-refractivity contribution in [2.45, 2.75) is 65.4 Å². The molecule has 0 radical (unpaired) electrons. The summed E-state index contributed by atoms with van der Waals surface area (Å²) in [7, 11) is 0. The third kappa shape index (κ3) is 9.97. The summed E-state index contributed by atoms with van der Waals surface area (Å²) < 4.78 is 10.5. The van der Waals surface area contributed by atoms with Gasteiger partial charge >= 0.3 is 5.97 Å². The van der Waals surface area contributed by atoms with Crippen molar-refractivity contribution in [1.29, 1.82) is 0 Å². The lowest BCUT2D eigenvalue weighted by molar-refractivity contribution is -0.149. The van der Waals surface area contributed by atoms with Crippen molar-refractivity contribution >= 4 is 5.97 Å². The van der Waals surface area contributed by atoms with Crippen LogP contribution < -0.4 is 0 Å². The molecule has 1 atom stereocenters. The van der Waals surface area contributed by atoms with E-state index >= 15 is 0 Å². The largest absolute Gasteiger partial charge is 0.463 e. The predicted molar refractivity (Wildman–Crippen MR) is 65.4 cm³/mol. The van der Waals surface area contributed by atoms with Gasteiger partial charge in [0.15, 0.2) is 0 Å². The van der Waals surface area contributed by atoms with Crippen LogP contribution in [0, 0.1) is 0 Å². The summed E-state index contributed by atoms with van der Waals surface area (Å²) in [5.74, 6) is -0.150. The summed E-state index contributed by atoms with van der Waals surface area (Å²) in [6.45, 7) is 7.34. The monoisotopic (exact) mass is 230 g/mol. The van der Waals surface area contributed by atoms with E-state index in [1.165, 1.54) is 19.3 Å². The minimum Gasteiger partial charge on any atom is -0.463 e. The zero-order chi connectivity index (χ0) is 12.2. The van der Waals surface area contributed by atoms with Gasteiger partial charge in [0.1, 0.15) is 0 Å². The lowest BCUT2D eigenvalue weighted by Gasteiger charge is -2.10. The first kappa shape index (κ1) is 15.4. The lowest BCUT2D eigenvalue weighted by Crippen LogP contribution is -2.15. The van der Waals surface area contributed by atoms with Gasteiger partial charge in [0, 0.05) is 6.61 Å². The number of carbonyl (C=O) groups is 1. The Kier molecular flexibility index (Phi) is 10.5. The van der Waals surface area contributed by atoms with E-state index in [9.17, 15) is 4.79 Å². The van der Waals surface area contributed by atoms with Crippen LogP contribution in [-0.2, 0) is 14.3 Å². The fourth-order valence-electron chi connectivity index (χ4n) is 1.26. The first-order chi connectivity index (χ1) is 7.70. The highest BCUT2D eigenvalue weighted by Gasteiger charge is 2.06. The van der Waals surface area contributed by atoms with Crippen molar-refractivity contribution in [3.8, 4) is 0 Å². The van der Waals surface area contributed by atoms with Gasteiger partial charge in [-0.1, -0.05) is 33.1 Å².